The normalized spacial score (nSPS) is 13.1. The van der Waals surface area contributed by atoms with Crippen molar-refractivity contribution in [3.63, 3.8) is 0 Å². The summed E-state index contributed by atoms with van der Waals surface area (Å²) in [6.07, 6.45) is 0. The molecular weight excluding hydrogens is 589 g/mol. The van der Waals surface area contributed by atoms with E-state index in [0.717, 1.165) is 22.1 Å². The molecule has 0 aliphatic heterocycles. The largest absolute Gasteiger partial charge is 0.451 e. The molecular formula is C43H22N4O. The lowest BCUT2D eigenvalue weighted by Crippen LogP contribution is -2.25. The second-order valence-electron chi connectivity index (χ2n) is 12.3. The number of furan rings is 1. The van der Waals surface area contributed by atoms with Crippen molar-refractivity contribution in [3.8, 4) is 56.6 Å². The van der Waals surface area contributed by atoms with Crippen molar-refractivity contribution < 1.29 is 4.42 Å². The molecule has 10 rings (SSSR count). The molecule has 0 fully saturated rings. The van der Waals surface area contributed by atoms with E-state index in [1.165, 1.54) is 50.1 Å². The molecule has 0 radical (unpaired) electrons. The van der Waals surface area contributed by atoms with Gasteiger partial charge >= 0.3 is 0 Å². The van der Waals surface area contributed by atoms with Gasteiger partial charge in [0.1, 0.15) is 23.2 Å². The van der Waals surface area contributed by atoms with Crippen molar-refractivity contribution in [1.29, 1.82) is 10.5 Å². The first kappa shape index (κ1) is 26.4. The predicted molar refractivity (Wildman–Crippen MR) is 186 cm³/mol. The van der Waals surface area contributed by atoms with Crippen LogP contribution in [0.2, 0.25) is 0 Å². The van der Waals surface area contributed by atoms with Gasteiger partial charge in [-0.1, -0.05) is 115 Å². The van der Waals surface area contributed by atoms with Gasteiger partial charge in [-0.2, -0.15) is 10.5 Å². The topological polar surface area (TPSA) is 86.5 Å². The number of rotatable bonds is 2. The molecule has 48 heavy (non-hydrogen) atoms. The SMILES string of the molecule is N#Cc1nc(C#N)c2oc3ccc(-c4cccc(-c5cccc6c5-c5ccccc5C65c6ccccc6-c6ccccc65)c4)cc3c2n1. The molecule has 0 amide bonds. The highest BCUT2D eigenvalue weighted by molar-refractivity contribution is 6.05. The Kier molecular flexibility index (Phi) is 5.28. The van der Waals surface area contributed by atoms with Crippen LogP contribution in [0.25, 0.3) is 66.6 Å². The molecule has 220 valence electrons. The van der Waals surface area contributed by atoms with E-state index in [1.807, 2.05) is 30.3 Å². The van der Waals surface area contributed by atoms with Crippen LogP contribution < -0.4 is 0 Å². The highest BCUT2D eigenvalue weighted by atomic mass is 16.3. The predicted octanol–water partition coefficient (Wildman–Crippen LogP) is 9.80. The summed E-state index contributed by atoms with van der Waals surface area (Å²) in [6, 6.07) is 51.9. The molecule has 1 spiro atoms. The van der Waals surface area contributed by atoms with Crippen LogP contribution in [-0.4, -0.2) is 9.97 Å². The number of nitrogens with zero attached hydrogens (tertiary/aromatic N) is 4. The highest BCUT2D eigenvalue weighted by Gasteiger charge is 2.51. The summed E-state index contributed by atoms with van der Waals surface area (Å²) in [4.78, 5) is 8.43. The summed E-state index contributed by atoms with van der Waals surface area (Å²) in [6.45, 7) is 0. The summed E-state index contributed by atoms with van der Waals surface area (Å²) >= 11 is 0. The molecule has 5 nitrogen and oxygen atoms in total. The van der Waals surface area contributed by atoms with Crippen LogP contribution in [0.3, 0.4) is 0 Å². The fourth-order valence-electron chi connectivity index (χ4n) is 8.20. The van der Waals surface area contributed by atoms with Gasteiger partial charge in [0.15, 0.2) is 11.3 Å². The van der Waals surface area contributed by atoms with E-state index in [1.54, 1.807) is 0 Å². The van der Waals surface area contributed by atoms with Crippen LogP contribution in [0.5, 0.6) is 0 Å². The average Bonchev–Trinajstić information content (AvgIpc) is 3.78. The maximum Gasteiger partial charge on any atom is 0.234 e. The Morgan fingerprint density at radius 2 is 1.12 bits per heavy atom. The minimum Gasteiger partial charge on any atom is -0.451 e. The monoisotopic (exact) mass is 610 g/mol. The molecule has 6 aromatic carbocycles. The minimum atomic E-state index is -0.396. The molecule has 2 heterocycles. The van der Waals surface area contributed by atoms with Gasteiger partial charge in [-0.25, -0.2) is 9.97 Å². The number of hydrogen-bond donors (Lipinski definition) is 0. The lowest BCUT2D eigenvalue weighted by Gasteiger charge is -2.30. The minimum absolute atomic E-state index is 0.0554. The average molecular weight is 611 g/mol. The number of hydrogen-bond acceptors (Lipinski definition) is 5. The third-order valence-corrected chi connectivity index (χ3v) is 10.0. The first-order chi connectivity index (χ1) is 23.7. The first-order valence-corrected chi connectivity index (χ1v) is 15.8. The molecule has 0 bridgehead atoms. The maximum atomic E-state index is 9.63. The van der Waals surface area contributed by atoms with Crippen LogP contribution in [-0.2, 0) is 5.41 Å². The van der Waals surface area contributed by atoms with Gasteiger partial charge in [0.25, 0.3) is 0 Å². The molecule has 0 atom stereocenters. The van der Waals surface area contributed by atoms with E-state index in [2.05, 4.69) is 125 Å². The molecule has 8 aromatic rings. The summed E-state index contributed by atoms with van der Waals surface area (Å²) in [7, 11) is 0. The fourth-order valence-corrected chi connectivity index (χ4v) is 8.20. The van der Waals surface area contributed by atoms with E-state index in [-0.39, 0.29) is 11.5 Å². The zero-order valence-corrected chi connectivity index (χ0v) is 25.4. The number of aromatic nitrogens is 2. The highest BCUT2D eigenvalue weighted by Crippen LogP contribution is 2.63. The maximum absolute atomic E-state index is 9.63. The molecule has 0 saturated carbocycles. The smallest absolute Gasteiger partial charge is 0.234 e. The Labute approximate surface area is 275 Å². The van der Waals surface area contributed by atoms with Crippen LogP contribution in [0.4, 0.5) is 0 Å². The van der Waals surface area contributed by atoms with E-state index < -0.39 is 5.41 Å². The second kappa shape index (κ2) is 9.59. The van der Waals surface area contributed by atoms with Crippen molar-refractivity contribution in [2.75, 3.05) is 0 Å². The Morgan fingerprint density at radius 1 is 0.521 bits per heavy atom. The molecule has 2 aromatic heterocycles. The molecule has 0 N–H and O–H groups in total. The Balaban J connectivity index is 1.18. The standard InChI is InChI=1S/C43H22N4O/c44-23-37-42-41(47-39(24-45)46-37)32-22-26(19-20-38(32)48-42)25-9-7-10-27(21-25)28-14-8-18-36-40(28)31-13-3-6-17-35(31)43(36)33-15-4-1-11-29(33)30-12-2-5-16-34(30)43/h1-22H. The van der Waals surface area contributed by atoms with Gasteiger partial charge in [-0.15, -0.1) is 0 Å². The third-order valence-electron chi connectivity index (χ3n) is 10.0. The van der Waals surface area contributed by atoms with Crippen molar-refractivity contribution in [2.24, 2.45) is 0 Å². The third kappa shape index (κ3) is 3.32. The van der Waals surface area contributed by atoms with E-state index in [0.29, 0.717) is 16.7 Å². The summed E-state index contributed by atoms with van der Waals surface area (Å²) in [5.41, 5.74) is 15.7. The Morgan fingerprint density at radius 3 is 1.85 bits per heavy atom. The van der Waals surface area contributed by atoms with Gasteiger partial charge in [0.2, 0.25) is 5.82 Å². The van der Waals surface area contributed by atoms with Gasteiger partial charge in [0, 0.05) is 5.39 Å². The van der Waals surface area contributed by atoms with E-state index in [9.17, 15) is 10.5 Å². The van der Waals surface area contributed by atoms with Crippen LogP contribution in [0, 0.1) is 22.7 Å². The molecule has 0 unspecified atom stereocenters. The van der Waals surface area contributed by atoms with E-state index in [4.69, 9.17) is 4.42 Å². The van der Waals surface area contributed by atoms with Crippen molar-refractivity contribution in [1.82, 2.24) is 9.97 Å². The number of fused-ring (bicyclic) bond motifs is 13. The van der Waals surface area contributed by atoms with Gasteiger partial charge in [0.05, 0.1) is 5.41 Å². The molecule has 2 aliphatic rings. The van der Waals surface area contributed by atoms with Crippen molar-refractivity contribution in [3.05, 3.63) is 167 Å². The first-order valence-electron chi connectivity index (χ1n) is 15.8. The Bertz CT molecular complexity index is 2730. The van der Waals surface area contributed by atoms with Crippen molar-refractivity contribution >= 4 is 22.1 Å². The molecule has 5 heteroatoms. The summed E-state index contributed by atoms with van der Waals surface area (Å²) < 4.78 is 5.98. The van der Waals surface area contributed by atoms with Gasteiger partial charge in [-0.05, 0) is 85.0 Å². The van der Waals surface area contributed by atoms with Crippen LogP contribution in [0.1, 0.15) is 33.8 Å². The zero-order chi connectivity index (χ0) is 32.0. The molecule has 0 saturated heterocycles. The quantitative estimate of drug-likeness (QED) is 0.194. The second-order valence-corrected chi connectivity index (χ2v) is 12.3. The number of nitriles is 2. The summed E-state index contributed by atoms with van der Waals surface area (Å²) in [5, 5.41) is 19.8. The fraction of sp³-hybridized carbons (Fsp3) is 0.0233. The van der Waals surface area contributed by atoms with Crippen molar-refractivity contribution in [2.45, 2.75) is 5.41 Å². The van der Waals surface area contributed by atoms with Crippen LogP contribution in [0.15, 0.2) is 138 Å². The summed E-state index contributed by atoms with van der Waals surface area (Å²) in [5.74, 6) is -0.0577. The zero-order valence-electron chi connectivity index (χ0n) is 25.4. The van der Waals surface area contributed by atoms with Gasteiger partial charge < -0.3 is 4.42 Å². The van der Waals surface area contributed by atoms with Gasteiger partial charge in [-0.3, -0.25) is 0 Å². The lowest BCUT2D eigenvalue weighted by atomic mass is 9.70. The Hall–Kier alpha value is -6.82. The number of benzene rings is 6. The molecule has 2 aliphatic carbocycles. The van der Waals surface area contributed by atoms with Crippen LogP contribution >= 0.6 is 0 Å². The van der Waals surface area contributed by atoms with E-state index >= 15 is 0 Å². The lowest BCUT2D eigenvalue weighted by molar-refractivity contribution is 0.663.